The number of ether oxygens (including phenoxy) is 1. The van der Waals surface area contributed by atoms with Gasteiger partial charge in [-0.1, -0.05) is 29.0 Å². The summed E-state index contributed by atoms with van der Waals surface area (Å²) in [5, 5.41) is 3.68. The molecule has 0 N–H and O–H groups in total. The van der Waals surface area contributed by atoms with Crippen LogP contribution in [0.5, 0.6) is 10.9 Å². The van der Waals surface area contributed by atoms with E-state index >= 15 is 0 Å². The van der Waals surface area contributed by atoms with Crippen molar-refractivity contribution in [1.29, 1.82) is 0 Å². The Bertz CT molecular complexity index is 663. The number of nitrogens with zero attached hydrogens (tertiary/aromatic N) is 2. The van der Waals surface area contributed by atoms with Gasteiger partial charge in [0, 0.05) is 17.0 Å². The van der Waals surface area contributed by atoms with Crippen molar-refractivity contribution in [3.05, 3.63) is 47.1 Å². The highest BCUT2D eigenvalue weighted by atomic mass is 35.5. The lowest BCUT2D eigenvalue weighted by Crippen LogP contribution is -1.86. The summed E-state index contributed by atoms with van der Waals surface area (Å²) in [6.07, 6.45) is 1.76. The van der Waals surface area contributed by atoms with Crippen LogP contribution in [0, 0.1) is 0 Å². The minimum atomic E-state index is 0.448. The topological polar surface area (TPSA) is 35.0 Å². The third kappa shape index (κ3) is 2.09. The molecule has 2 heterocycles. The number of hydrogen-bond donors (Lipinski definition) is 0. The van der Waals surface area contributed by atoms with Crippen molar-refractivity contribution in [2.75, 3.05) is 0 Å². The fourth-order valence-electron chi connectivity index (χ4n) is 1.54. The summed E-state index contributed by atoms with van der Waals surface area (Å²) < 4.78 is 5.70. The zero-order chi connectivity index (χ0) is 11.7. The van der Waals surface area contributed by atoms with E-state index in [1.165, 1.54) is 11.3 Å². The average molecular weight is 263 g/mol. The molecule has 3 nitrogen and oxygen atoms in total. The fourth-order valence-corrected chi connectivity index (χ4v) is 2.34. The molecule has 0 radical (unpaired) electrons. The molecule has 0 fully saturated rings. The molecule has 0 saturated heterocycles. The lowest BCUT2D eigenvalue weighted by molar-refractivity contribution is 0.484. The predicted octanol–water partition coefficient (Wildman–Crippen LogP) is 4.14. The molecule has 0 aliphatic rings. The Balaban J connectivity index is 2.05. The molecule has 0 spiro atoms. The van der Waals surface area contributed by atoms with Gasteiger partial charge in [0.2, 0.25) is 0 Å². The van der Waals surface area contributed by atoms with Gasteiger partial charge in [-0.3, -0.25) is 4.98 Å². The van der Waals surface area contributed by atoms with Crippen LogP contribution in [-0.4, -0.2) is 9.97 Å². The first-order valence-corrected chi connectivity index (χ1v) is 6.21. The van der Waals surface area contributed by atoms with Crippen molar-refractivity contribution in [3.63, 3.8) is 0 Å². The van der Waals surface area contributed by atoms with Crippen LogP contribution in [0.2, 0.25) is 5.15 Å². The van der Waals surface area contributed by atoms with Gasteiger partial charge in [-0.2, -0.15) is 4.98 Å². The Morgan fingerprint density at radius 1 is 1.18 bits per heavy atom. The zero-order valence-corrected chi connectivity index (χ0v) is 10.2. The molecule has 0 bridgehead atoms. The fraction of sp³-hybridized carbons (Fsp3) is 0. The number of halogens is 1. The van der Waals surface area contributed by atoms with E-state index in [0.29, 0.717) is 10.3 Å². The van der Waals surface area contributed by atoms with E-state index < -0.39 is 0 Å². The van der Waals surface area contributed by atoms with Crippen LogP contribution in [0.3, 0.4) is 0 Å². The molecule has 0 atom stereocenters. The van der Waals surface area contributed by atoms with E-state index in [-0.39, 0.29) is 0 Å². The third-order valence-electron chi connectivity index (χ3n) is 2.26. The van der Waals surface area contributed by atoms with Gasteiger partial charge in [-0.25, -0.2) is 0 Å². The minimum absolute atomic E-state index is 0.448. The molecule has 2 aromatic heterocycles. The lowest BCUT2D eigenvalue weighted by atomic mass is 10.2. The molecule has 5 heteroatoms. The van der Waals surface area contributed by atoms with Gasteiger partial charge in [-0.05, 0) is 24.3 Å². The molecule has 0 amide bonds. The molecular weight excluding hydrogens is 256 g/mol. The summed E-state index contributed by atoms with van der Waals surface area (Å²) >= 11 is 7.12. The SMILES string of the molecule is Clc1csc(Oc2cccc3ncccc23)n1. The summed E-state index contributed by atoms with van der Waals surface area (Å²) in [6.45, 7) is 0. The van der Waals surface area contributed by atoms with E-state index in [2.05, 4.69) is 9.97 Å². The Morgan fingerprint density at radius 2 is 2.12 bits per heavy atom. The number of aromatic nitrogens is 2. The number of fused-ring (bicyclic) bond motifs is 1. The second kappa shape index (κ2) is 4.31. The van der Waals surface area contributed by atoms with Gasteiger partial charge in [-0.15, -0.1) is 0 Å². The molecule has 0 aliphatic carbocycles. The highest BCUT2D eigenvalue weighted by Crippen LogP contribution is 2.31. The van der Waals surface area contributed by atoms with Crippen molar-refractivity contribution < 1.29 is 4.74 Å². The van der Waals surface area contributed by atoms with Crippen LogP contribution in [0.25, 0.3) is 10.9 Å². The van der Waals surface area contributed by atoms with Crippen molar-refractivity contribution in [3.8, 4) is 10.9 Å². The summed E-state index contributed by atoms with van der Waals surface area (Å²) in [5.41, 5.74) is 0.896. The third-order valence-corrected chi connectivity index (χ3v) is 3.30. The number of benzene rings is 1. The number of hydrogen-bond acceptors (Lipinski definition) is 4. The van der Waals surface area contributed by atoms with Crippen LogP contribution in [0.4, 0.5) is 0 Å². The molecule has 0 aliphatic heterocycles. The smallest absolute Gasteiger partial charge is 0.280 e. The number of thiazole rings is 1. The van der Waals surface area contributed by atoms with E-state index in [0.717, 1.165) is 16.7 Å². The summed E-state index contributed by atoms with van der Waals surface area (Å²) in [6, 6.07) is 9.58. The standard InChI is InChI=1S/C12H7ClN2OS/c13-11-7-17-12(15-11)16-10-5-1-4-9-8(10)3-2-6-14-9/h1-7H. The zero-order valence-electron chi connectivity index (χ0n) is 8.63. The van der Waals surface area contributed by atoms with Gasteiger partial charge in [0.15, 0.2) is 0 Å². The molecule has 3 rings (SSSR count). The van der Waals surface area contributed by atoms with Crippen molar-refractivity contribution in [2.45, 2.75) is 0 Å². The van der Waals surface area contributed by atoms with Gasteiger partial charge < -0.3 is 4.74 Å². The van der Waals surface area contributed by atoms with E-state index in [1.807, 2.05) is 30.3 Å². The molecule has 1 aromatic carbocycles. The maximum Gasteiger partial charge on any atom is 0.280 e. The van der Waals surface area contributed by atoms with Gasteiger partial charge in [0.1, 0.15) is 10.9 Å². The highest BCUT2D eigenvalue weighted by Gasteiger charge is 2.06. The quantitative estimate of drug-likeness (QED) is 0.696. The van der Waals surface area contributed by atoms with E-state index in [1.54, 1.807) is 11.6 Å². The first-order valence-electron chi connectivity index (χ1n) is 4.95. The largest absolute Gasteiger partial charge is 0.430 e. The van der Waals surface area contributed by atoms with Crippen molar-refractivity contribution in [2.24, 2.45) is 0 Å². The van der Waals surface area contributed by atoms with Crippen LogP contribution < -0.4 is 4.74 Å². The maximum absolute atomic E-state index is 5.75. The Kier molecular flexibility index (Phi) is 2.66. The number of rotatable bonds is 2. The van der Waals surface area contributed by atoms with Crippen LogP contribution in [-0.2, 0) is 0 Å². The summed E-state index contributed by atoms with van der Waals surface area (Å²) in [4.78, 5) is 8.32. The van der Waals surface area contributed by atoms with Crippen LogP contribution in [0.15, 0.2) is 41.9 Å². The highest BCUT2D eigenvalue weighted by molar-refractivity contribution is 7.11. The monoisotopic (exact) mass is 262 g/mol. The van der Waals surface area contributed by atoms with E-state index in [4.69, 9.17) is 16.3 Å². The first kappa shape index (κ1) is 10.5. The Labute approximate surface area is 107 Å². The van der Waals surface area contributed by atoms with Gasteiger partial charge in [0.05, 0.1) is 5.52 Å². The predicted molar refractivity (Wildman–Crippen MR) is 68.9 cm³/mol. The molecule has 17 heavy (non-hydrogen) atoms. The van der Waals surface area contributed by atoms with Gasteiger partial charge in [0.25, 0.3) is 5.19 Å². The van der Waals surface area contributed by atoms with Crippen molar-refractivity contribution in [1.82, 2.24) is 9.97 Å². The molecule has 0 saturated carbocycles. The minimum Gasteiger partial charge on any atom is -0.430 e. The lowest BCUT2D eigenvalue weighted by Gasteiger charge is -2.04. The second-order valence-corrected chi connectivity index (χ2v) is 4.57. The van der Waals surface area contributed by atoms with Crippen LogP contribution in [0.1, 0.15) is 0 Å². The van der Waals surface area contributed by atoms with Crippen molar-refractivity contribution >= 4 is 33.8 Å². The second-order valence-electron chi connectivity index (χ2n) is 3.36. The van der Waals surface area contributed by atoms with Crippen LogP contribution >= 0.6 is 22.9 Å². The van der Waals surface area contributed by atoms with Gasteiger partial charge >= 0.3 is 0 Å². The summed E-state index contributed by atoms with van der Waals surface area (Å²) in [5.74, 6) is 0.738. The normalized spacial score (nSPS) is 10.6. The number of pyridine rings is 1. The average Bonchev–Trinajstić information content (AvgIpc) is 2.75. The Hall–Kier alpha value is -1.65. The first-order chi connectivity index (χ1) is 8.33. The van der Waals surface area contributed by atoms with E-state index in [9.17, 15) is 0 Å². The molecule has 0 unspecified atom stereocenters. The maximum atomic E-state index is 5.75. The summed E-state index contributed by atoms with van der Waals surface area (Å²) in [7, 11) is 0. The molecular formula is C12H7ClN2OS. The molecule has 3 aromatic rings. The molecule has 84 valence electrons. The Morgan fingerprint density at radius 3 is 2.94 bits per heavy atom.